The molecule has 1 amide bonds. The first-order chi connectivity index (χ1) is 17.0. The molecule has 12 heteroatoms. The Labute approximate surface area is 207 Å². The Hall–Kier alpha value is -3.73. The Bertz CT molecular complexity index is 1500. The van der Waals surface area contributed by atoms with Crippen LogP contribution in [0.2, 0.25) is 5.02 Å². The van der Waals surface area contributed by atoms with E-state index >= 15 is 0 Å². The van der Waals surface area contributed by atoms with Crippen molar-refractivity contribution in [1.82, 2.24) is 19.4 Å². The van der Waals surface area contributed by atoms with E-state index in [9.17, 15) is 22.4 Å². The van der Waals surface area contributed by atoms with Crippen LogP contribution in [0.15, 0.2) is 42.6 Å². The summed E-state index contributed by atoms with van der Waals surface area (Å²) in [5.41, 5.74) is 6.73. The van der Waals surface area contributed by atoms with E-state index in [1.807, 2.05) is 0 Å². The third kappa shape index (κ3) is 4.02. The fourth-order valence-corrected chi connectivity index (χ4v) is 4.64. The summed E-state index contributed by atoms with van der Waals surface area (Å²) in [5.74, 6) is -0.196. The van der Waals surface area contributed by atoms with Gasteiger partial charge in [0.15, 0.2) is 5.82 Å². The molecule has 0 aliphatic carbocycles. The van der Waals surface area contributed by atoms with E-state index in [-0.39, 0.29) is 36.0 Å². The van der Waals surface area contributed by atoms with E-state index in [1.54, 1.807) is 29.7 Å². The molecule has 0 saturated heterocycles. The van der Waals surface area contributed by atoms with E-state index < -0.39 is 29.7 Å². The van der Waals surface area contributed by atoms with Gasteiger partial charge in [-0.05, 0) is 43.2 Å². The molecule has 36 heavy (non-hydrogen) atoms. The molecule has 3 aromatic heterocycles. The number of benzene rings is 1. The second-order valence-corrected chi connectivity index (χ2v) is 9.13. The van der Waals surface area contributed by atoms with Crippen LogP contribution in [0.3, 0.4) is 0 Å². The number of amides is 1. The molecular formula is C24H19ClF4N6O. The number of pyridine rings is 1. The van der Waals surface area contributed by atoms with Gasteiger partial charge in [-0.15, -0.1) is 0 Å². The van der Waals surface area contributed by atoms with Gasteiger partial charge in [0, 0.05) is 19.0 Å². The predicted molar refractivity (Wildman–Crippen MR) is 126 cm³/mol. The molecule has 1 atom stereocenters. The smallest absolute Gasteiger partial charge is 0.383 e. The van der Waals surface area contributed by atoms with Crippen LogP contribution in [-0.4, -0.2) is 31.4 Å². The highest BCUT2D eigenvalue weighted by atomic mass is 35.5. The second-order valence-electron chi connectivity index (χ2n) is 8.69. The number of carbonyl (C=O) groups is 1. The Morgan fingerprint density at radius 1 is 1.11 bits per heavy atom. The molecule has 186 valence electrons. The number of alkyl halides is 3. The average Bonchev–Trinajstić information content (AvgIpc) is 3.28. The Morgan fingerprint density at radius 2 is 1.83 bits per heavy atom. The van der Waals surface area contributed by atoms with E-state index in [0.717, 1.165) is 0 Å². The van der Waals surface area contributed by atoms with Gasteiger partial charge < -0.3 is 15.5 Å². The normalized spacial score (nSPS) is 17.4. The number of nitrogens with one attached hydrogen (secondary N) is 1. The van der Waals surface area contributed by atoms with Gasteiger partial charge >= 0.3 is 6.18 Å². The summed E-state index contributed by atoms with van der Waals surface area (Å²) in [4.78, 5) is 26.4. The summed E-state index contributed by atoms with van der Waals surface area (Å²) in [6, 6.07) is 8.77. The van der Waals surface area contributed by atoms with Gasteiger partial charge in [-0.1, -0.05) is 23.7 Å². The van der Waals surface area contributed by atoms with E-state index in [2.05, 4.69) is 20.3 Å². The maximum Gasteiger partial charge on any atom is 0.389 e. The fraction of sp³-hybridized carbons (Fsp3) is 0.250. The number of halogens is 5. The number of fused-ring (bicyclic) bond motifs is 2. The van der Waals surface area contributed by atoms with Crippen LogP contribution in [-0.2, 0) is 16.6 Å². The summed E-state index contributed by atoms with van der Waals surface area (Å²) in [6.07, 6.45) is -3.79. The van der Waals surface area contributed by atoms with Crippen molar-refractivity contribution in [3.8, 4) is 11.5 Å². The molecular weight excluding hydrogens is 500 g/mol. The maximum atomic E-state index is 13.5. The summed E-state index contributed by atoms with van der Waals surface area (Å²) in [6.45, 7) is 1.65. The van der Waals surface area contributed by atoms with Crippen LogP contribution < -0.4 is 11.1 Å². The topological polar surface area (TPSA) is 98.2 Å². The van der Waals surface area contributed by atoms with Gasteiger partial charge in [-0.25, -0.2) is 19.3 Å². The van der Waals surface area contributed by atoms with Crippen molar-refractivity contribution in [2.75, 3.05) is 11.1 Å². The van der Waals surface area contributed by atoms with Gasteiger partial charge in [-0.3, -0.25) is 4.79 Å². The lowest BCUT2D eigenvalue weighted by Gasteiger charge is -2.23. The van der Waals surface area contributed by atoms with Gasteiger partial charge in [0.2, 0.25) is 5.91 Å². The fourth-order valence-electron chi connectivity index (χ4n) is 4.48. The zero-order chi connectivity index (χ0) is 25.8. The van der Waals surface area contributed by atoms with Crippen LogP contribution >= 0.6 is 11.6 Å². The number of nitrogen functional groups attached to an aromatic ring is 1. The lowest BCUT2D eigenvalue weighted by molar-refractivity contribution is -0.135. The van der Waals surface area contributed by atoms with Gasteiger partial charge in [-0.2, -0.15) is 13.2 Å². The molecule has 4 aromatic rings. The molecule has 4 heterocycles. The van der Waals surface area contributed by atoms with E-state index in [4.69, 9.17) is 17.3 Å². The van der Waals surface area contributed by atoms with Crippen molar-refractivity contribution in [3.63, 3.8) is 0 Å². The molecule has 1 aliphatic heterocycles. The van der Waals surface area contributed by atoms with E-state index in [1.165, 1.54) is 24.3 Å². The second kappa shape index (κ2) is 8.44. The first kappa shape index (κ1) is 24.0. The number of hydrogen-bond acceptors (Lipinski definition) is 5. The Morgan fingerprint density at radius 3 is 2.53 bits per heavy atom. The van der Waals surface area contributed by atoms with Crippen molar-refractivity contribution in [2.24, 2.45) is 0 Å². The summed E-state index contributed by atoms with van der Waals surface area (Å²) >= 11 is 6.12. The van der Waals surface area contributed by atoms with Crippen LogP contribution in [0.1, 0.15) is 36.7 Å². The quantitative estimate of drug-likeness (QED) is 0.349. The Balaban J connectivity index is 1.59. The molecule has 1 aliphatic rings. The summed E-state index contributed by atoms with van der Waals surface area (Å²) in [5, 5.41) is 3.10. The SMILES string of the molecule is CC1(c2ccc(F)cc2)C(=O)Nc2nc(-c3nc(CCCC(F)(F)F)n4cc(Cl)ccc34)nc(N)c21. The minimum atomic E-state index is -4.28. The van der Waals surface area contributed by atoms with Gasteiger partial charge in [0.05, 0.1) is 16.1 Å². The molecule has 0 bridgehead atoms. The van der Waals surface area contributed by atoms with Gasteiger partial charge in [0.25, 0.3) is 0 Å². The number of aryl methyl sites for hydroxylation is 1. The molecule has 0 radical (unpaired) electrons. The third-order valence-corrected chi connectivity index (χ3v) is 6.51. The summed E-state index contributed by atoms with van der Waals surface area (Å²) < 4.78 is 53.1. The molecule has 0 saturated carbocycles. The molecule has 0 spiro atoms. The number of hydrogen-bond donors (Lipinski definition) is 2. The highest BCUT2D eigenvalue weighted by Crippen LogP contribution is 2.45. The highest BCUT2D eigenvalue weighted by Gasteiger charge is 2.47. The Kier molecular flexibility index (Phi) is 5.62. The molecule has 7 nitrogen and oxygen atoms in total. The largest absolute Gasteiger partial charge is 0.389 e. The number of imidazole rings is 1. The van der Waals surface area contributed by atoms with Crippen molar-refractivity contribution >= 4 is 34.7 Å². The van der Waals surface area contributed by atoms with Crippen LogP contribution in [0, 0.1) is 5.82 Å². The minimum absolute atomic E-state index is 0.0221. The maximum absolute atomic E-state index is 13.5. The third-order valence-electron chi connectivity index (χ3n) is 6.29. The standard InChI is InChI=1S/C24H19ClF4N6O/c1-23(12-4-7-14(26)8-5-12)17-19(30)32-21(33-20(17)34-22(23)36)18-15-9-6-13(25)11-35(15)16(31-18)3-2-10-24(27,28)29/h4-9,11H,2-3,10H2,1H3,(H3,30,32,33,34,36). The minimum Gasteiger partial charge on any atom is -0.383 e. The first-order valence-corrected chi connectivity index (χ1v) is 11.3. The molecule has 1 aromatic carbocycles. The monoisotopic (exact) mass is 518 g/mol. The zero-order valence-electron chi connectivity index (χ0n) is 18.8. The van der Waals surface area contributed by atoms with Crippen molar-refractivity contribution in [1.29, 1.82) is 0 Å². The van der Waals surface area contributed by atoms with Crippen molar-refractivity contribution in [2.45, 2.75) is 37.8 Å². The molecule has 0 fully saturated rings. The molecule has 1 unspecified atom stereocenters. The van der Waals surface area contributed by atoms with Crippen LogP contribution in [0.5, 0.6) is 0 Å². The number of nitrogens with zero attached hydrogens (tertiary/aromatic N) is 4. The van der Waals surface area contributed by atoms with Crippen molar-refractivity contribution < 1.29 is 22.4 Å². The van der Waals surface area contributed by atoms with Crippen LogP contribution in [0.25, 0.3) is 17.0 Å². The lowest BCUT2D eigenvalue weighted by atomic mass is 9.78. The highest BCUT2D eigenvalue weighted by molar-refractivity contribution is 6.30. The average molecular weight is 519 g/mol. The lowest BCUT2D eigenvalue weighted by Crippen LogP contribution is -2.33. The first-order valence-electron chi connectivity index (χ1n) is 11.0. The number of aromatic nitrogens is 4. The zero-order valence-corrected chi connectivity index (χ0v) is 19.6. The number of anilines is 2. The molecule has 5 rings (SSSR count). The van der Waals surface area contributed by atoms with Crippen LogP contribution in [0.4, 0.5) is 29.2 Å². The van der Waals surface area contributed by atoms with E-state index in [0.29, 0.717) is 27.5 Å². The predicted octanol–water partition coefficient (Wildman–Crippen LogP) is 5.31. The van der Waals surface area contributed by atoms with Crippen molar-refractivity contribution in [3.05, 3.63) is 70.4 Å². The number of nitrogens with two attached hydrogens (primary N) is 1. The summed E-state index contributed by atoms with van der Waals surface area (Å²) in [7, 11) is 0. The molecule has 3 N–H and O–H groups in total. The number of rotatable bonds is 5. The number of carbonyl (C=O) groups excluding carboxylic acids is 1. The van der Waals surface area contributed by atoms with Gasteiger partial charge in [0.1, 0.15) is 34.4 Å².